The van der Waals surface area contributed by atoms with Gasteiger partial charge in [-0.05, 0) is 25.8 Å². The third-order valence-corrected chi connectivity index (χ3v) is 3.04. The first-order chi connectivity index (χ1) is 8.81. The molecule has 6 heteroatoms. The SMILES string of the molecule is C[C@H](Cn1cccn1)NCc1noc(C2CC2)n1. The second kappa shape index (κ2) is 4.89. The minimum Gasteiger partial charge on any atom is -0.339 e. The maximum atomic E-state index is 5.21. The van der Waals surface area contributed by atoms with Crippen LogP contribution in [-0.4, -0.2) is 26.0 Å². The lowest BCUT2D eigenvalue weighted by Crippen LogP contribution is -2.30. The molecule has 0 bridgehead atoms. The Balaban J connectivity index is 1.47. The third kappa shape index (κ3) is 2.76. The zero-order valence-corrected chi connectivity index (χ0v) is 10.4. The van der Waals surface area contributed by atoms with Crippen molar-refractivity contribution in [2.24, 2.45) is 0 Å². The molecule has 0 amide bonds. The first-order valence-electron chi connectivity index (χ1n) is 6.34. The average Bonchev–Trinajstić information content (AvgIpc) is 2.90. The second-order valence-electron chi connectivity index (χ2n) is 4.83. The number of hydrogen-bond acceptors (Lipinski definition) is 5. The molecule has 0 spiro atoms. The largest absolute Gasteiger partial charge is 0.339 e. The van der Waals surface area contributed by atoms with E-state index >= 15 is 0 Å². The minimum absolute atomic E-state index is 0.313. The summed E-state index contributed by atoms with van der Waals surface area (Å²) in [5, 5.41) is 11.5. The highest BCUT2D eigenvalue weighted by molar-refractivity contribution is 5.01. The summed E-state index contributed by atoms with van der Waals surface area (Å²) in [6.45, 7) is 3.59. The van der Waals surface area contributed by atoms with Gasteiger partial charge in [-0.1, -0.05) is 5.16 Å². The van der Waals surface area contributed by atoms with Crippen LogP contribution >= 0.6 is 0 Å². The van der Waals surface area contributed by atoms with Crippen LogP contribution in [0.2, 0.25) is 0 Å². The fraction of sp³-hybridized carbons (Fsp3) is 0.583. The molecule has 1 N–H and O–H groups in total. The Morgan fingerprint density at radius 3 is 3.17 bits per heavy atom. The normalized spacial score (nSPS) is 16.9. The van der Waals surface area contributed by atoms with Crippen molar-refractivity contribution in [3.05, 3.63) is 30.2 Å². The van der Waals surface area contributed by atoms with Crippen molar-refractivity contribution in [3.8, 4) is 0 Å². The van der Waals surface area contributed by atoms with Gasteiger partial charge >= 0.3 is 0 Å². The van der Waals surface area contributed by atoms with Crippen molar-refractivity contribution >= 4 is 0 Å². The maximum absolute atomic E-state index is 5.21. The molecule has 0 saturated heterocycles. The molecule has 1 aliphatic carbocycles. The molecular formula is C12H17N5O. The zero-order valence-electron chi connectivity index (χ0n) is 10.4. The standard InChI is InChI=1S/C12H17N5O/c1-9(8-17-6-2-5-14-17)13-7-11-15-12(18-16-11)10-3-4-10/h2,5-6,9-10,13H,3-4,7-8H2,1H3/t9-/m1/s1. The molecule has 2 aromatic rings. The van der Waals surface area contributed by atoms with Crippen molar-refractivity contribution in [3.63, 3.8) is 0 Å². The predicted octanol–water partition coefficient (Wildman–Crippen LogP) is 1.32. The molecule has 6 nitrogen and oxygen atoms in total. The van der Waals surface area contributed by atoms with Crippen LogP contribution in [0.1, 0.15) is 37.4 Å². The van der Waals surface area contributed by atoms with Crippen LogP contribution in [0, 0.1) is 0 Å². The second-order valence-corrected chi connectivity index (χ2v) is 4.83. The van der Waals surface area contributed by atoms with Gasteiger partial charge in [0.1, 0.15) is 0 Å². The molecule has 0 unspecified atom stereocenters. The molecule has 0 radical (unpaired) electrons. The van der Waals surface area contributed by atoms with Gasteiger partial charge in [0.15, 0.2) is 5.82 Å². The van der Waals surface area contributed by atoms with Crippen LogP contribution in [0.3, 0.4) is 0 Å². The van der Waals surface area contributed by atoms with Gasteiger partial charge in [0.25, 0.3) is 0 Å². The Kier molecular flexibility index (Phi) is 3.10. The van der Waals surface area contributed by atoms with Gasteiger partial charge in [-0.2, -0.15) is 10.1 Å². The predicted molar refractivity (Wildman–Crippen MR) is 64.8 cm³/mol. The van der Waals surface area contributed by atoms with E-state index in [0.717, 1.165) is 18.3 Å². The molecule has 1 fully saturated rings. The molecule has 3 rings (SSSR count). The van der Waals surface area contributed by atoms with Gasteiger partial charge in [0, 0.05) is 24.4 Å². The van der Waals surface area contributed by atoms with Gasteiger partial charge in [0.2, 0.25) is 5.89 Å². The van der Waals surface area contributed by atoms with Crippen molar-refractivity contribution in [2.75, 3.05) is 0 Å². The van der Waals surface area contributed by atoms with E-state index in [-0.39, 0.29) is 0 Å². The molecule has 2 aromatic heterocycles. The van der Waals surface area contributed by atoms with E-state index in [1.807, 2.05) is 16.9 Å². The van der Waals surface area contributed by atoms with Gasteiger partial charge in [0.05, 0.1) is 13.1 Å². The Hall–Kier alpha value is -1.69. The van der Waals surface area contributed by atoms with Crippen molar-refractivity contribution in [2.45, 2.75) is 44.8 Å². The Morgan fingerprint density at radius 1 is 1.56 bits per heavy atom. The summed E-state index contributed by atoms with van der Waals surface area (Å²) >= 11 is 0. The first kappa shape index (κ1) is 11.4. The highest BCUT2D eigenvalue weighted by Gasteiger charge is 2.29. The van der Waals surface area contributed by atoms with Crippen LogP contribution in [0.15, 0.2) is 23.0 Å². The van der Waals surface area contributed by atoms with Crippen LogP contribution in [-0.2, 0) is 13.1 Å². The van der Waals surface area contributed by atoms with E-state index in [4.69, 9.17) is 4.52 Å². The van der Waals surface area contributed by atoms with Crippen LogP contribution < -0.4 is 5.32 Å². The van der Waals surface area contributed by atoms with Crippen molar-refractivity contribution in [1.82, 2.24) is 25.2 Å². The molecular weight excluding hydrogens is 230 g/mol. The summed E-state index contributed by atoms with van der Waals surface area (Å²) in [6.07, 6.45) is 6.11. The molecule has 18 heavy (non-hydrogen) atoms. The van der Waals surface area contributed by atoms with Gasteiger partial charge in [-0.3, -0.25) is 4.68 Å². The molecule has 1 saturated carbocycles. The van der Waals surface area contributed by atoms with E-state index in [0.29, 0.717) is 18.5 Å². The molecule has 0 aliphatic heterocycles. The van der Waals surface area contributed by atoms with Gasteiger partial charge in [-0.15, -0.1) is 0 Å². The summed E-state index contributed by atoms with van der Waals surface area (Å²) < 4.78 is 7.11. The number of aromatic nitrogens is 4. The van der Waals surface area contributed by atoms with Crippen LogP contribution in [0.5, 0.6) is 0 Å². The first-order valence-corrected chi connectivity index (χ1v) is 6.34. The summed E-state index contributed by atoms with van der Waals surface area (Å²) in [5.41, 5.74) is 0. The van der Waals surface area contributed by atoms with E-state index in [2.05, 4.69) is 27.5 Å². The zero-order chi connectivity index (χ0) is 12.4. The van der Waals surface area contributed by atoms with Gasteiger partial charge < -0.3 is 9.84 Å². The highest BCUT2D eigenvalue weighted by Crippen LogP contribution is 2.38. The van der Waals surface area contributed by atoms with E-state index in [1.165, 1.54) is 12.8 Å². The number of nitrogens with zero attached hydrogens (tertiary/aromatic N) is 4. The molecule has 96 valence electrons. The van der Waals surface area contributed by atoms with Crippen molar-refractivity contribution < 1.29 is 4.52 Å². The lowest BCUT2D eigenvalue weighted by molar-refractivity contribution is 0.369. The summed E-state index contributed by atoms with van der Waals surface area (Å²) in [4.78, 5) is 4.38. The number of rotatable bonds is 6. The average molecular weight is 247 g/mol. The minimum atomic E-state index is 0.313. The number of hydrogen-bond donors (Lipinski definition) is 1. The number of nitrogens with one attached hydrogen (secondary N) is 1. The van der Waals surface area contributed by atoms with Gasteiger partial charge in [-0.25, -0.2) is 0 Å². The smallest absolute Gasteiger partial charge is 0.229 e. The van der Waals surface area contributed by atoms with E-state index < -0.39 is 0 Å². The maximum Gasteiger partial charge on any atom is 0.229 e. The van der Waals surface area contributed by atoms with E-state index in [1.54, 1.807) is 6.20 Å². The van der Waals surface area contributed by atoms with Crippen LogP contribution in [0.4, 0.5) is 0 Å². The quantitative estimate of drug-likeness (QED) is 0.833. The third-order valence-electron chi connectivity index (χ3n) is 3.04. The fourth-order valence-corrected chi connectivity index (χ4v) is 1.85. The lowest BCUT2D eigenvalue weighted by Gasteiger charge is -2.11. The summed E-state index contributed by atoms with van der Waals surface area (Å²) in [7, 11) is 0. The van der Waals surface area contributed by atoms with Crippen LogP contribution in [0.25, 0.3) is 0 Å². The molecule has 2 heterocycles. The molecule has 1 atom stereocenters. The lowest BCUT2D eigenvalue weighted by atomic mass is 10.3. The Morgan fingerprint density at radius 2 is 2.44 bits per heavy atom. The fourth-order valence-electron chi connectivity index (χ4n) is 1.85. The van der Waals surface area contributed by atoms with E-state index in [9.17, 15) is 0 Å². The molecule has 0 aromatic carbocycles. The summed E-state index contributed by atoms with van der Waals surface area (Å²) in [6, 6.07) is 2.24. The Bertz CT molecular complexity index is 488. The topological polar surface area (TPSA) is 68.8 Å². The Labute approximate surface area is 105 Å². The molecule has 1 aliphatic rings. The summed E-state index contributed by atoms with van der Waals surface area (Å²) in [5.74, 6) is 2.06. The monoisotopic (exact) mass is 247 g/mol. The highest BCUT2D eigenvalue weighted by atomic mass is 16.5. The van der Waals surface area contributed by atoms with Crippen molar-refractivity contribution in [1.29, 1.82) is 0 Å².